The maximum absolute atomic E-state index is 11.9. The molecule has 2 amide bonds. The van der Waals surface area contributed by atoms with Crippen LogP contribution in [0.25, 0.3) is 10.8 Å². The van der Waals surface area contributed by atoms with Crippen molar-refractivity contribution in [2.45, 2.75) is 4.90 Å². The first kappa shape index (κ1) is 13.5. The summed E-state index contributed by atoms with van der Waals surface area (Å²) < 4.78 is 0. The van der Waals surface area contributed by atoms with Crippen molar-refractivity contribution in [1.82, 2.24) is 0 Å². The molecule has 0 aliphatic heterocycles. The zero-order chi connectivity index (χ0) is 14.8. The summed E-state index contributed by atoms with van der Waals surface area (Å²) in [5, 5.41) is 2.06. The zero-order valence-corrected chi connectivity index (χ0v) is 12.1. The van der Waals surface area contributed by atoms with Crippen molar-refractivity contribution in [3.05, 3.63) is 66.7 Å². The highest BCUT2D eigenvalue weighted by Crippen LogP contribution is 2.35. The molecule has 0 saturated heterocycles. The fraction of sp³-hybridized carbons (Fsp3) is 0. The summed E-state index contributed by atoms with van der Waals surface area (Å²) in [5.41, 5.74) is 6.96. The minimum absolute atomic E-state index is 0.535. The number of urea groups is 1. The zero-order valence-electron chi connectivity index (χ0n) is 11.2. The van der Waals surface area contributed by atoms with Gasteiger partial charge in [-0.2, -0.15) is 0 Å². The number of primary amides is 1. The maximum Gasteiger partial charge on any atom is 0.323 e. The summed E-state index contributed by atoms with van der Waals surface area (Å²) in [6, 6.07) is 20.5. The van der Waals surface area contributed by atoms with E-state index >= 15 is 0 Å². The van der Waals surface area contributed by atoms with E-state index in [9.17, 15) is 4.79 Å². The van der Waals surface area contributed by atoms with Gasteiger partial charge in [-0.25, -0.2) is 4.79 Å². The monoisotopic (exact) mass is 294 g/mol. The van der Waals surface area contributed by atoms with E-state index in [0.29, 0.717) is 5.69 Å². The Labute approximate surface area is 128 Å². The topological polar surface area (TPSA) is 46.3 Å². The van der Waals surface area contributed by atoms with E-state index in [4.69, 9.17) is 5.73 Å². The summed E-state index contributed by atoms with van der Waals surface area (Å²) in [6.45, 7) is 0. The molecule has 3 rings (SSSR count). The lowest BCUT2D eigenvalue weighted by atomic mass is 10.1. The van der Waals surface area contributed by atoms with Gasteiger partial charge in [-0.15, -0.1) is 12.6 Å². The van der Waals surface area contributed by atoms with Crippen LogP contribution in [-0.4, -0.2) is 6.03 Å². The minimum atomic E-state index is -0.535. The molecule has 0 spiro atoms. The average Bonchev–Trinajstić information content (AvgIpc) is 2.51. The molecule has 0 aromatic heterocycles. The van der Waals surface area contributed by atoms with Crippen molar-refractivity contribution in [2.75, 3.05) is 4.90 Å². The molecule has 3 aromatic carbocycles. The van der Waals surface area contributed by atoms with Gasteiger partial charge in [0.1, 0.15) is 0 Å². The average molecular weight is 294 g/mol. The van der Waals surface area contributed by atoms with Crippen LogP contribution in [0, 0.1) is 0 Å². The number of carbonyl (C=O) groups is 1. The summed E-state index contributed by atoms with van der Waals surface area (Å²) >= 11 is 4.60. The number of rotatable bonds is 2. The van der Waals surface area contributed by atoms with Crippen molar-refractivity contribution >= 4 is 40.8 Å². The first-order valence-corrected chi connectivity index (χ1v) is 6.98. The molecule has 0 saturated carbocycles. The Morgan fingerprint density at radius 1 is 0.905 bits per heavy atom. The summed E-state index contributed by atoms with van der Waals surface area (Å²) in [6.07, 6.45) is 0. The molecule has 0 unspecified atom stereocenters. The number of nitrogens with two attached hydrogens (primary N) is 1. The number of para-hydroxylation sites is 1. The van der Waals surface area contributed by atoms with Crippen molar-refractivity contribution < 1.29 is 4.79 Å². The van der Waals surface area contributed by atoms with Crippen LogP contribution in [0.3, 0.4) is 0 Å². The smallest absolute Gasteiger partial charge is 0.323 e. The molecule has 0 bridgehead atoms. The van der Waals surface area contributed by atoms with Crippen molar-refractivity contribution in [3.8, 4) is 0 Å². The van der Waals surface area contributed by atoms with Crippen molar-refractivity contribution in [2.24, 2.45) is 5.73 Å². The Bertz CT molecular complexity index is 802. The molecule has 0 aliphatic rings. The van der Waals surface area contributed by atoms with Crippen LogP contribution in [-0.2, 0) is 0 Å². The Hall–Kier alpha value is -2.46. The first-order valence-electron chi connectivity index (χ1n) is 6.54. The second-order valence-electron chi connectivity index (χ2n) is 4.66. The number of nitrogens with zero attached hydrogens (tertiary/aromatic N) is 1. The molecule has 0 aliphatic carbocycles. The van der Waals surface area contributed by atoms with Crippen LogP contribution in [0.15, 0.2) is 71.6 Å². The van der Waals surface area contributed by atoms with E-state index in [2.05, 4.69) is 12.6 Å². The van der Waals surface area contributed by atoms with Gasteiger partial charge in [0.05, 0.1) is 11.4 Å². The molecule has 0 heterocycles. The van der Waals surface area contributed by atoms with Gasteiger partial charge in [0.15, 0.2) is 0 Å². The lowest BCUT2D eigenvalue weighted by Gasteiger charge is -2.23. The SMILES string of the molecule is NC(=O)N(c1ccccc1)c1ccc2ccccc2c1S. The lowest BCUT2D eigenvalue weighted by molar-refractivity contribution is 0.256. The van der Waals surface area contributed by atoms with E-state index < -0.39 is 6.03 Å². The van der Waals surface area contributed by atoms with E-state index in [0.717, 1.165) is 21.4 Å². The quantitative estimate of drug-likeness (QED) is 0.678. The standard InChI is InChI=1S/C17H14N2OS/c18-17(20)19(13-7-2-1-3-8-13)15-11-10-12-6-4-5-9-14(12)16(15)21/h1-11,21H,(H2,18,20). The Kier molecular flexibility index (Phi) is 3.54. The molecule has 0 radical (unpaired) electrons. The van der Waals surface area contributed by atoms with E-state index in [1.54, 1.807) is 0 Å². The summed E-state index contributed by atoms with van der Waals surface area (Å²) in [4.78, 5) is 14.1. The number of hydrogen-bond donors (Lipinski definition) is 2. The third-order valence-corrected chi connectivity index (χ3v) is 3.82. The normalized spacial score (nSPS) is 10.5. The van der Waals surface area contributed by atoms with Crippen LogP contribution in [0.2, 0.25) is 0 Å². The van der Waals surface area contributed by atoms with Crippen molar-refractivity contribution in [3.63, 3.8) is 0 Å². The first-order chi connectivity index (χ1) is 10.2. The van der Waals surface area contributed by atoms with Crippen LogP contribution in [0.5, 0.6) is 0 Å². The second kappa shape index (κ2) is 5.50. The molecule has 2 N–H and O–H groups in total. The van der Waals surface area contributed by atoms with Gasteiger partial charge in [0.25, 0.3) is 0 Å². The molecular formula is C17H14N2OS. The second-order valence-corrected chi connectivity index (χ2v) is 5.11. The lowest BCUT2D eigenvalue weighted by Crippen LogP contribution is -2.31. The predicted molar refractivity (Wildman–Crippen MR) is 89.4 cm³/mol. The molecule has 21 heavy (non-hydrogen) atoms. The minimum Gasteiger partial charge on any atom is -0.351 e. The van der Waals surface area contributed by atoms with Crippen LogP contribution in [0.4, 0.5) is 16.2 Å². The van der Waals surface area contributed by atoms with Gasteiger partial charge >= 0.3 is 6.03 Å². The third kappa shape index (κ3) is 2.45. The Morgan fingerprint density at radius 3 is 2.29 bits per heavy atom. The fourth-order valence-electron chi connectivity index (χ4n) is 2.39. The van der Waals surface area contributed by atoms with Crippen LogP contribution in [0.1, 0.15) is 0 Å². The number of benzene rings is 3. The van der Waals surface area contributed by atoms with Gasteiger partial charge < -0.3 is 5.73 Å². The van der Waals surface area contributed by atoms with Crippen LogP contribution < -0.4 is 10.6 Å². The number of carbonyl (C=O) groups excluding carboxylic acids is 1. The fourth-order valence-corrected chi connectivity index (χ4v) is 2.76. The molecule has 3 aromatic rings. The van der Waals surface area contributed by atoms with Gasteiger partial charge in [-0.3, -0.25) is 4.90 Å². The molecule has 104 valence electrons. The van der Waals surface area contributed by atoms with E-state index in [-0.39, 0.29) is 0 Å². The highest BCUT2D eigenvalue weighted by atomic mass is 32.1. The number of hydrogen-bond acceptors (Lipinski definition) is 2. The third-order valence-electron chi connectivity index (χ3n) is 3.35. The molecular weight excluding hydrogens is 280 g/mol. The summed E-state index contributed by atoms with van der Waals surface area (Å²) in [7, 11) is 0. The predicted octanol–water partition coefficient (Wildman–Crippen LogP) is 4.35. The number of thiol groups is 1. The van der Waals surface area contributed by atoms with Crippen LogP contribution >= 0.6 is 12.6 Å². The Balaban J connectivity index is 2.21. The van der Waals surface area contributed by atoms with Gasteiger partial charge in [0, 0.05) is 4.90 Å². The van der Waals surface area contributed by atoms with E-state index in [1.807, 2.05) is 66.7 Å². The Morgan fingerprint density at radius 2 is 1.57 bits per heavy atom. The maximum atomic E-state index is 11.9. The molecule has 3 nitrogen and oxygen atoms in total. The largest absolute Gasteiger partial charge is 0.351 e. The number of anilines is 2. The highest BCUT2D eigenvalue weighted by Gasteiger charge is 2.18. The number of fused-ring (bicyclic) bond motifs is 1. The van der Waals surface area contributed by atoms with Crippen molar-refractivity contribution in [1.29, 1.82) is 0 Å². The molecule has 4 heteroatoms. The van der Waals surface area contributed by atoms with Gasteiger partial charge in [-0.1, -0.05) is 48.5 Å². The molecule has 0 atom stereocenters. The van der Waals surface area contributed by atoms with E-state index in [1.165, 1.54) is 4.90 Å². The number of amides is 2. The molecule has 0 fully saturated rings. The summed E-state index contributed by atoms with van der Waals surface area (Å²) in [5.74, 6) is 0. The van der Waals surface area contributed by atoms with Gasteiger partial charge in [-0.05, 0) is 29.0 Å². The van der Waals surface area contributed by atoms with Gasteiger partial charge in [0.2, 0.25) is 0 Å². The highest BCUT2D eigenvalue weighted by molar-refractivity contribution is 7.80.